The van der Waals surface area contributed by atoms with Crippen molar-refractivity contribution in [1.29, 1.82) is 0 Å². The van der Waals surface area contributed by atoms with Crippen LogP contribution in [0.4, 0.5) is 0 Å². The first kappa shape index (κ1) is 26.1. The molecule has 0 spiro atoms. The molecule has 1 fully saturated rings. The molecule has 1 atom stereocenters. The minimum absolute atomic E-state index is 0.0302. The molecule has 35 heavy (non-hydrogen) atoms. The monoisotopic (exact) mass is 482 g/mol. The van der Waals surface area contributed by atoms with Crippen LogP contribution < -0.4 is 14.2 Å². The summed E-state index contributed by atoms with van der Waals surface area (Å²) in [5.74, 6) is 0.0967. The third kappa shape index (κ3) is 5.12. The van der Waals surface area contributed by atoms with Gasteiger partial charge < -0.3 is 29.1 Å². The topological polar surface area (TPSA) is 88.5 Å². The average Bonchev–Trinajstić information content (AvgIpc) is 3.13. The maximum Gasteiger partial charge on any atom is 0.295 e. The van der Waals surface area contributed by atoms with Crippen LogP contribution in [0, 0.1) is 6.92 Å². The van der Waals surface area contributed by atoms with Gasteiger partial charge >= 0.3 is 0 Å². The Morgan fingerprint density at radius 1 is 0.971 bits per heavy atom. The molecule has 1 aliphatic rings. The van der Waals surface area contributed by atoms with E-state index in [1.165, 1.54) is 12.0 Å². The van der Waals surface area contributed by atoms with Gasteiger partial charge in [-0.1, -0.05) is 13.8 Å². The van der Waals surface area contributed by atoms with E-state index in [4.69, 9.17) is 14.2 Å². The lowest BCUT2D eigenvalue weighted by Crippen LogP contribution is -2.38. The predicted octanol–water partition coefficient (Wildman–Crippen LogP) is 3.78. The lowest BCUT2D eigenvalue weighted by atomic mass is 9.94. The van der Waals surface area contributed by atoms with Crippen molar-refractivity contribution in [3.8, 4) is 17.2 Å². The van der Waals surface area contributed by atoms with Crippen LogP contribution in [0.2, 0.25) is 0 Å². The number of amides is 1. The number of rotatable bonds is 10. The number of aryl methyl sites for hydroxylation is 1. The molecule has 0 bridgehead atoms. The average molecular weight is 483 g/mol. The third-order valence-corrected chi connectivity index (χ3v) is 6.50. The van der Waals surface area contributed by atoms with E-state index in [2.05, 4.69) is 4.90 Å². The highest BCUT2D eigenvalue weighted by molar-refractivity contribution is 6.46. The zero-order valence-corrected chi connectivity index (χ0v) is 21.3. The van der Waals surface area contributed by atoms with Gasteiger partial charge in [-0.05, 0) is 55.9 Å². The first-order valence-electron chi connectivity index (χ1n) is 11.7. The standard InChI is InChI=1S/C27H34N2O6/c1-7-28(8-2)13-14-29-24(20-11-10-19(33-4)16-22(20)35-6)23(26(31)27(29)32)25(30)18-9-12-21(34-5)17(3)15-18/h9-12,15-16,24,30H,7-8,13-14H2,1-6H3/b25-23+/t24-/m1/s1. The molecule has 1 amide bonds. The highest BCUT2D eigenvalue weighted by Gasteiger charge is 2.47. The molecule has 2 aromatic rings. The quantitative estimate of drug-likeness (QED) is 0.313. The first-order valence-corrected chi connectivity index (χ1v) is 11.7. The summed E-state index contributed by atoms with van der Waals surface area (Å²) in [5, 5.41) is 11.3. The van der Waals surface area contributed by atoms with Crippen LogP contribution in [-0.2, 0) is 9.59 Å². The Kier molecular flexibility index (Phi) is 8.40. The number of benzene rings is 2. The Bertz CT molecular complexity index is 1120. The van der Waals surface area contributed by atoms with Crippen molar-refractivity contribution in [2.45, 2.75) is 26.8 Å². The molecule has 8 heteroatoms. The van der Waals surface area contributed by atoms with E-state index < -0.39 is 17.7 Å². The van der Waals surface area contributed by atoms with Crippen molar-refractivity contribution >= 4 is 17.4 Å². The number of hydrogen-bond acceptors (Lipinski definition) is 7. The van der Waals surface area contributed by atoms with Gasteiger partial charge in [0, 0.05) is 30.3 Å². The van der Waals surface area contributed by atoms with E-state index in [1.54, 1.807) is 50.6 Å². The molecule has 1 heterocycles. The van der Waals surface area contributed by atoms with E-state index >= 15 is 0 Å². The van der Waals surface area contributed by atoms with Gasteiger partial charge in [0.2, 0.25) is 0 Å². The van der Waals surface area contributed by atoms with Crippen molar-refractivity contribution in [2.24, 2.45) is 0 Å². The smallest absolute Gasteiger partial charge is 0.295 e. The van der Waals surface area contributed by atoms with Gasteiger partial charge in [0.15, 0.2) is 0 Å². The number of ketones is 1. The lowest BCUT2D eigenvalue weighted by molar-refractivity contribution is -0.140. The van der Waals surface area contributed by atoms with Crippen molar-refractivity contribution < 1.29 is 28.9 Å². The van der Waals surface area contributed by atoms with Crippen molar-refractivity contribution in [3.05, 3.63) is 58.7 Å². The largest absolute Gasteiger partial charge is 0.507 e. The number of carbonyl (C=O) groups is 2. The summed E-state index contributed by atoms with van der Waals surface area (Å²) in [6, 6.07) is 9.55. The highest BCUT2D eigenvalue weighted by Crippen LogP contribution is 2.43. The molecule has 3 rings (SSSR count). The predicted molar refractivity (Wildman–Crippen MR) is 134 cm³/mol. The molecule has 1 N–H and O–H groups in total. The minimum atomic E-state index is -0.811. The van der Waals surface area contributed by atoms with Crippen LogP contribution in [0.5, 0.6) is 17.2 Å². The second-order valence-electron chi connectivity index (χ2n) is 8.31. The van der Waals surface area contributed by atoms with Crippen LogP contribution in [0.15, 0.2) is 42.0 Å². The zero-order chi connectivity index (χ0) is 25.7. The van der Waals surface area contributed by atoms with Crippen LogP contribution in [0.3, 0.4) is 0 Å². The van der Waals surface area contributed by atoms with E-state index in [9.17, 15) is 14.7 Å². The van der Waals surface area contributed by atoms with Gasteiger partial charge in [0.1, 0.15) is 23.0 Å². The summed E-state index contributed by atoms with van der Waals surface area (Å²) >= 11 is 0. The normalized spacial score (nSPS) is 17.2. The molecule has 188 valence electrons. The van der Waals surface area contributed by atoms with Crippen molar-refractivity contribution in [2.75, 3.05) is 47.5 Å². The Hall–Kier alpha value is -3.52. The number of nitrogens with zero attached hydrogens (tertiary/aromatic N) is 2. The van der Waals surface area contributed by atoms with Gasteiger partial charge in [-0.25, -0.2) is 0 Å². The number of likely N-dealkylation sites (N-methyl/N-ethyl adjacent to an activating group) is 1. The molecular formula is C27H34N2O6. The summed E-state index contributed by atoms with van der Waals surface area (Å²) in [4.78, 5) is 30.3. The van der Waals surface area contributed by atoms with E-state index in [-0.39, 0.29) is 11.3 Å². The Balaban J connectivity index is 2.19. The maximum absolute atomic E-state index is 13.3. The van der Waals surface area contributed by atoms with Gasteiger partial charge in [-0.2, -0.15) is 0 Å². The maximum atomic E-state index is 13.3. The molecule has 0 aromatic heterocycles. The molecule has 0 unspecified atom stereocenters. The Morgan fingerprint density at radius 2 is 1.66 bits per heavy atom. The fraction of sp³-hybridized carbons (Fsp3) is 0.407. The first-order chi connectivity index (χ1) is 16.8. The zero-order valence-electron chi connectivity index (χ0n) is 21.3. The number of hydrogen-bond donors (Lipinski definition) is 1. The second-order valence-corrected chi connectivity index (χ2v) is 8.31. The van der Waals surface area contributed by atoms with Gasteiger partial charge in [0.05, 0.1) is 32.9 Å². The Labute approximate surface area is 206 Å². The summed E-state index contributed by atoms with van der Waals surface area (Å²) in [6.45, 7) is 8.51. The van der Waals surface area contributed by atoms with Crippen molar-refractivity contribution in [1.82, 2.24) is 9.80 Å². The molecule has 8 nitrogen and oxygen atoms in total. The van der Waals surface area contributed by atoms with E-state index in [0.717, 1.165) is 18.7 Å². The molecule has 0 radical (unpaired) electrons. The number of carbonyl (C=O) groups excluding carboxylic acids is 2. The van der Waals surface area contributed by atoms with Crippen LogP contribution in [-0.4, -0.2) is 74.1 Å². The van der Waals surface area contributed by atoms with Gasteiger partial charge in [-0.3, -0.25) is 9.59 Å². The highest BCUT2D eigenvalue weighted by atomic mass is 16.5. The fourth-order valence-corrected chi connectivity index (χ4v) is 4.45. The van der Waals surface area contributed by atoms with Crippen molar-refractivity contribution in [3.63, 3.8) is 0 Å². The molecular weight excluding hydrogens is 448 g/mol. The van der Waals surface area contributed by atoms with E-state index in [1.807, 2.05) is 20.8 Å². The number of ether oxygens (including phenoxy) is 3. The second kappa shape index (κ2) is 11.3. The molecule has 1 aliphatic heterocycles. The summed E-state index contributed by atoms with van der Waals surface area (Å²) < 4.78 is 16.3. The number of aliphatic hydroxyl groups excluding tert-OH is 1. The van der Waals surface area contributed by atoms with E-state index in [0.29, 0.717) is 41.5 Å². The number of Topliss-reactive ketones (excluding diaryl/α,β-unsaturated/α-hetero) is 1. The number of likely N-dealkylation sites (tertiary alicyclic amines) is 1. The number of methoxy groups -OCH3 is 3. The Morgan fingerprint density at radius 3 is 2.23 bits per heavy atom. The van der Waals surface area contributed by atoms with Crippen LogP contribution in [0.1, 0.15) is 36.6 Å². The molecule has 0 aliphatic carbocycles. The SMILES string of the molecule is CCN(CC)CCN1C(=O)C(=O)/C(=C(/O)c2ccc(OC)c(C)c2)[C@H]1c1ccc(OC)cc1OC. The van der Waals surface area contributed by atoms with Gasteiger partial charge in [0.25, 0.3) is 11.7 Å². The summed E-state index contributed by atoms with van der Waals surface area (Å²) in [7, 11) is 4.64. The molecule has 1 saturated heterocycles. The van der Waals surface area contributed by atoms with Crippen LogP contribution >= 0.6 is 0 Å². The fourth-order valence-electron chi connectivity index (χ4n) is 4.45. The number of aliphatic hydroxyl groups is 1. The molecule has 2 aromatic carbocycles. The third-order valence-electron chi connectivity index (χ3n) is 6.50. The minimum Gasteiger partial charge on any atom is -0.507 e. The lowest BCUT2D eigenvalue weighted by Gasteiger charge is -2.29. The summed E-state index contributed by atoms with van der Waals surface area (Å²) in [6.07, 6.45) is 0. The summed E-state index contributed by atoms with van der Waals surface area (Å²) in [5.41, 5.74) is 1.86. The van der Waals surface area contributed by atoms with Crippen LogP contribution in [0.25, 0.3) is 5.76 Å². The molecule has 0 saturated carbocycles. The van der Waals surface area contributed by atoms with Gasteiger partial charge in [-0.15, -0.1) is 0 Å².